The molecule has 0 saturated heterocycles. The molecule has 1 heterocycles. The molecule has 0 bridgehead atoms. The van der Waals surface area contributed by atoms with E-state index in [1.165, 1.54) is 0 Å². The number of aliphatic hydroxyl groups is 1. The molecular weight excluding hydrogens is 242 g/mol. The van der Waals surface area contributed by atoms with Crippen molar-refractivity contribution >= 4 is 11.6 Å². The SMILES string of the molecule is CC1CN(C(=O)C(C)C)c2cc(C(C)O)ccc2O1. The van der Waals surface area contributed by atoms with E-state index in [9.17, 15) is 9.90 Å². The zero-order valence-electron chi connectivity index (χ0n) is 11.9. The summed E-state index contributed by atoms with van der Waals surface area (Å²) in [6.45, 7) is 7.99. The maximum atomic E-state index is 12.3. The van der Waals surface area contributed by atoms with Crippen LogP contribution in [0.3, 0.4) is 0 Å². The van der Waals surface area contributed by atoms with Crippen LogP contribution >= 0.6 is 0 Å². The summed E-state index contributed by atoms with van der Waals surface area (Å²) in [5.41, 5.74) is 1.55. The van der Waals surface area contributed by atoms with E-state index in [0.29, 0.717) is 12.3 Å². The molecule has 1 aromatic rings. The Labute approximate surface area is 114 Å². The van der Waals surface area contributed by atoms with Gasteiger partial charge in [0.25, 0.3) is 0 Å². The Balaban J connectivity index is 2.44. The van der Waals surface area contributed by atoms with Crippen molar-refractivity contribution in [3.63, 3.8) is 0 Å². The van der Waals surface area contributed by atoms with Crippen LogP contribution in [0.15, 0.2) is 18.2 Å². The second kappa shape index (κ2) is 5.21. The first kappa shape index (κ1) is 13.9. The van der Waals surface area contributed by atoms with Crippen molar-refractivity contribution in [2.45, 2.75) is 39.9 Å². The molecule has 2 unspecified atom stereocenters. The minimum Gasteiger partial charge on any atom is -0.487 e. The van der Waals surface area contributed by atoms with Crippen molar-refractivity contribution < 1.29 is 14.6 Å². The summed E-state index contributed by atoms with van der Waals surface area (Å²) >= 11 is 0. The third-order valence-electron chi connectivity index (χ3n) is 3.28. The fourth-order valence-corrected chi connectivity index (χ4v) is 2.23. The maximum Gasteiger partial charge on any atom is 0.229 e. The van der Waals surface area contributed by atoms with E-state index in [1.807, 2.05) is 39.0 Å². The summed E-state index contributed by atoms with van der Waals surface area (Å²) < 4.78 is 5.75. The van der Waals surface area contributed by atoms with Crippen LogP contribution in [0.1, 0.15) is 39.4 Å². The molecule has 0 aliphatic carbocycles. The molecule has 0 aromatic heterocycles. The molecule has 1 aliphatic rings. The molecule has 1 amide bonds. The van der Waals surface area contributed by atoms with Gasteiger partial charge in [-0.15, -0.1) is 0 Å². The summed E-state index contributed by atoms with van der Waals surface area (Å²) in [5, 5.41) is 9.67. The molecule has 1 aromatic carbocycles. The molecule has 19 heavy (non-hydrogen) atoms. The lowest BCUT2D eigenvalue weighted by Gasteiger charge is -2.35. The van der Waals surface area contributed by atoms with Crippen LogP contribution in [0.2, 0.25) is 0 Å². The van der Waals surface area contributed by atoms with Gasteiger partial charge in [0.2, 0.25) is 5.91 Å². The molecule has 2 atom stereocenters. The topological polar surface area (TPSA) is 49.8 Å². The Kier molecular flexibility index (Phi) is 3.80. The zero-order chi connectivity index (χ0) is 14.2. The monoisotopic (exact) mass is 263 g/mol. The Morgan fingerprint density at radius 2 is 2.11 bits per heavy atom. The molecule has 2 rings (SSSR count). The first-order chi connectivity index (χ1) is 8.90. The Bertz CT molecular complexity index is 482. The number of aliphatic hydroxyl groups excluding tert-OH is 1. The maximum absolute atomic E-state index is 12.3. The van der Waals surface area contributed by atoms with Gasteiger partial charge in [-0.1, -0.05) is 19.9 Å². The smallest absolute Gasteiger partial charge is 0.229 e. The number of hydrogen-bond donors (Lipinski definition) is 1. The van der Waals surface area contributed by atoms with Gasteiger partial charge in [-0.05, 0) is 31.5 Å². The number of rotatable bonds is 2. The van der Waals surface area contributed by atoms with Crippen molar-refractivity contribution in [3.05, 3.63) is 23.8 Å². The number of hydrogen-bond acceptors (Lipinski definition) is 3. The van der Waals surface area contributed by atoms with Gasteiger partial charge < -0.3 is 14.7 Å². The molecule has 0 spiro atoms. The number of anilines is 1. The van der Waals surface area contributed by atoms with Crippen LogP contribution in [-0.4, -0.2) is 23.7 Å². The van der Waals surface area contributed by atoms with Gasteiger partial charge in [0, 0.05) is 5.92 Å². The largest absolute Gasteiger partial charge is 0.487 e. The fourth-order valence-electron chi connectivity index (χ4n) is 2.23. The number of benzene rings is 1. The summed E-state index contributed by atoms with van der Waals surface area (Å²) in [6.07, 6.45) is -0.576. The van der Waals surface area contributed by atoms with Gasteiger partial charge >= 0.3 is 0 Å². The lowest BCUT2D eigenvalue weighted by molar-refractivity contribution is -0.121. The van der Waals surface area contributed by atoms with E-state index in [1.54, 1.807) is 11.8 Å². The summed E-state index contributed by atoms with van der Waals surface area (Å²) in [6, 6.07) is 5.50. The van der Waals surface area contributed by atoms with E-state index < -0.39 is 6.10 Å². The predicted octanol–water partition coefficient (Wildman–Crippen LogP) is 2.51. The van der Waals surface area contributed by atoms with Gasteiger partial charge in [0.15, 0.2) is 0 Å². The molecule has 0 fully saturated rings. The van der Waals surface area contributed by atoms with Crippen molar-refractivity contribution in [3.8, 4) is 5.75 Å². The molecular formula is C15H21NO3. The van der Waals surface area contributed by atoms with Crippen LogP contribution in [0.25, 0.3) is 0 Å². The van der Waals surface area contributed by atoms with Crippen molar-refractivity contribution in [2.75, 3.05) is 11.4 Å². The molecule has 4 nitrogen and oxygen atoms in total. The van der Waals surface area contributed by atoms with E-state index in [4.69, 9.17) is 4.74 Å². The number of carbonyl (C=O) groups is 1. The first-order valence-corrected chi connectivity index (χ1v) is 6.70. The van der Waals surface area contributed by atoms with Gasteiger partial charge in [-0.25, -0.2) is 0 Å². The Morgan fingerprint density at radius 1 is 1.42 bits per heavy atom. The molecule has 1 aliphatic heterocycles. The van der Waals surface area contributed by atoms with E-state index in [-0.39, 0.29) is 17.9 Å². The van der Waals surface area contributed by atoms with E-state index in [0.717, 1.165) is 11.3 Å². The molecule has 0 radical (unpaired) electrons. The lowest BCUT2D eigenvalue weighted by Crippen LogP contribution is -2.44. The summed E-state index contributed by atoms with van der Waals surface area (Å²) in [5.74, 6) is 0.727. The Morgan fingerprint density at radius 3 is 2.68 bits per heavy atom. The van der Waals surface area contributed by atoms with Crippen molar-refractivity contribution in [2.24, 2.45) is 5.92 Å². The summed E-state index contributed by atoms with van der Waals surface area (Å²) in [7, 11) is 0. The number of ether oxygens (including phenoxy) is 1. The normalized spacial score (nSPS) is 19.9. The predicted molar refractivity (Wildman–Crippen MR) is 74.4 cm³/mol. The highest BCUT2D eigenvalue weighted by Crippen LogP contribution is 2.36. The molecule has 104 valence electrons. The quantitative estimate of drug-likeness (QED) is 0.892. The van der Waals surface area contributed by atoms with Gasteiger partial charge in [0.1, 0.15) is 11.9 Å². The minimum atomic E-state index is -0.555. The highest BCUT2D eigenvalue weighted by atomic mass is 16.5. The van der Waals surface area contributed by atoms with Crippen LogP contribution in [0.5, 0.6) is 5.75 Å². The average Bonchev–Trinajstić information content (AvgIpc) is 2.35. The number of fused-ring (bicyclic) bond motifs is 1. The third-order valence-corrected chi connectivity index (χ3v) is 3.28. The third kappa shape index (κ3) is 2.73. The van der Waals surface area contributed by atoms with Crippen LogP contribution in [-0.2, 0) is 4.79 Å². The molecule has 4 heteroatoms. The second-order valence-electron chi connectivity index (χ2n) is 5.44. The lowest BCUT2D eigenvalue weighted by atomic mass is 10.1. The Hall–Kier alpha value is -1.55. The average molecular weight is 263 g/mol. The molecule has 1 N–H and O–H groups in total. The zero-order valence-corrected chi connectivity index (χ0v) is 11.9. The van der Waals surface area contributed by atoms with Crippen molar-refractivity contribution in [1.29, 1.82) is 0 Å². The van der Waals surface area contributed by atoms with E-state index >= 15 is 0 Å². The first-order valence-electron chi connectivity index (χ1n) is 6.70. The fraction of sp³-hybridized carbons (Fsp3) is 0.533. The highest BCUT2D eigenvalue weighted by molar-refractivity contribution is 5.96. The van der Waals surface area contributed by atoms with Gasteiger partial charge in [0.05, 0.1) is 18.3 Å². The van der Waals surface area contributed by atoms with Gasteiger partial charge in [-0.3, -0.25) is 4.79 Å². The van der Waals surface area contributed by atoms with Crippen LogP contribution in [0.4, 0.5) is 5.69 Å². The minimum absolute atomic E-state index is 0.0207. The van der Waals surface area contributed by atoms with Crippen LogP contribution in [0, 0.1) is 5.92 Å². The molecule has 0 saturated carbocycles. The van der Waals surface area contributed by atoms with Crippen LogP contribution < -0.4 is 9.64 Å². The second-order valence-corrected chi connectivity index (χ2v) is 5.44. The summed E-state index contributed by atoms with van der Waals surface area (Å²) in [4.78, 5) is 14.1. The standard InChI is InChI=1S/C15H21NO3/c1-9(2)15(18)16-8-10(3)19-14-6-5-12(11(4)17)7-13(14)16/h5-7,9-11,17H,8H2,1-4H3. The highest BCUT2D eigenvalue weighted by Gasteiger charge is 2.29. The van der Waals surface area contributed by atoms with Gasteiger partial charge in [-0.2, -0.15) is 0 Å². The number of carbonyl (C=O) groups excluding carboxylic acids is 1. The number of amides is 1. The number of nitrogens with zero attached hydrogens (tertiary/aromatic N) is 1. The van der Waals surface area contributed by atoms with E-state index in [2.05, 4.69) is 0 Å². The van der Waals surface area contributed by atoms with Crippen molar-refractivity contribution in [1.82, 2.24) is 0 Å².